The molecule has 0 aromatic rings. The van der Waals surface area contributed by atoms with Gasteiger partial charge in [-0.15, -0.1) is 0 Å². The average Bonchev–Trinajstić information content (AvgIpc) is 2.21. The van der Waals surface area contributed by atoms with E-state index in [0.29, 0.717) is 6.61 Å². The Bertz CT molecular complexity index is 207. The van der Waals surface area contributed by atoms with Crippen LogP contribution >= 0.6 is 15.9 Å². The van der Waals surface area contributed by atoms with Gasteiger partial charge in [-0.25, -0.2) is 4.79 Å². The van der Waals surface area contributed by atoms with Crippen molar-refractivity contribution in [2.45, 2.75) is 51.4 Å². The number of unbranched alkanes of at least 4 members (excludes halogenated alkanes) is 3. The van der Waals surface area contributed by atoms with Crippen molar-refractivity contribution >= 4 is 30.1 Å². The Labute approximate surface area is 115 Å². The lowest BCUT2D eigenvalue weighted by Gasteiger charge is -2.15. The second kappa shape index (κ2) is 9.94. The van der Waals surface area contributed by atoms with E-state index in [1.54, 1.807) is 0 Å². The first-order valence-corrected chi connectivity index (χ1v) is 11.2. The Morgan fingerprint density at radius 3 is 2.41 bits per heavy atom. The monoisotopic (exact) mass is 323 g/mol. The zero-order valence-electron chi connectivity index (χ0n) is 11.4. The fraction of sp³-hybridized carbons (Fsp3) is 0.917. The minimum atomic E-state index is -1.09. The van der Waals surface area contributed by atoms with Crippen molar-refractivity contribution < 1.29 is 9.53 Å². The Morgan fingerprint density at radius 1 is 1.18 bits per heavy atom. The van der Waals surface area contributed by atoms with E-state index in [9.17, 15) is 4.79 Å². The lowest BCUT2D eigenvalue weighted by Crippen LogP contribution is -2.28. The van der Waals surface area contributed by atoms with Crippen LogP contribution < -0.4 is 5.32 Å². The molecule has 0 aromatic heterocycles. The number of alkyl halides is 1. The summed E-state index contributed by atoms with van der Waals surface area (Å²) in [7, 11) is -1.09. The molecule has 0 radical (unpaired) electrons. The van der Waals surface area contributed by atoms with Crippen molar-refractivity contribution in [2.75, 3.05) is 18.5 Å². The molecule has 1 amide bonds. The van der Waals surface area contributed by atoms with Crippen molar-refractivity contribution in [3.05, 3.63) is 0 Å². The van der Waals surface area contributed by atoms with E-state index < -0.39 is 8.07 Å². The molecule has 17 heavy (non-hydrogen) atoms. The maximum atomic E-state index is 11.3. The van der Waals surface area contributed by atoms with E-state index in [1.165, 1.54) is 19.3 Å². The molecule has 0 heterocycles. The maximum absolute atomic E-state index is 11.3. The molecule has 0 aliphatic heterocycles. The van der Waals surface area contributed by atoms with Gasteiger partial charge in [0.2, 0.25) is 0 Å². The van der Waals surface area contributed by atoms with Crippen molar-refractivity contribution in [3.8, 4) is 0 Å². The molecule has 0 atom stereocenters. The maximum Gasteiger partial charge on any atom is 0.407 e. The molecule has 0 aliphatic rings. The summed E-state index contributed by atoms with van der Waals surface area (Å²) in [6.07, 6.45) is 4.37. The van der Waals surface area contributed by atoms with Gasteiger partial charge in [0.25, 0.3) is 0 Å². The molecule has 0 aromatic carbocycles. The fourth-order valence-corrected chi connectivity index (χ4v) is 2.38. The Hall–Kier alpha value is -0.0331. The summed E-state index contributed by atoms with van der Waals surface area (Å²) < 4.78 is 5.12. The number of alkyl carbamates (subject to hydrolysis) is 1. The number of hydrogen-bond acceptors (Lipinski definition) is 2. The van der Waals surface area contributed by atoms with Crippen molar-refractivity contribution in [2.24, 2.45) is 0 Å². The predicted molar refractivity (Wildman–Crippen MR) is 79.8 cm³/mol. The van der Waals surface area contributed by atoms with Gasteiger partial charge in [-0.1, -0.05) is 48.4 Å². The van der Waals surface area contributed by atoms with Crippen LogP contribution in [0.2, 0.25) is 25.7 Å². The van der Waals surface area contributed by atoms with Gasteiger partial charge in [-0.3, -0.25) is 0 Å². The van der Waals surface area contributed by atoms with E-state index in [1.807, 2.05) is 0 Å². The summed E-state index contributed by atoms with van der Waals surface area (Å²) >= 11 is 3.40. The molecule has 0 saturated heterocycles. The molecule has 3 nitrogen and oxygen atoms in total. The van der Waals surface area contributed by atoms with Gasteiger partial charge >= 0.3 is 6.09 Å². The van der Waals surface area contributed by atoms with Gasteiger partial charge in [-0.05, 0) is 18.9 Å². The Morgan fingerprint density at radius 2 is 1.82 bits per heavy atom. The van der Waals surface area contributed by atoms with Crippen LogP contribution in [-0.2, 0) is 4.74 Å². The second-order valence-electron chi connectivity index (χ2n) is 5.48. The number of rotatable bonds is 9. The molecule has 0 spiro atoms. The highest BCUT2D eigenvalue weighted by Gasteiger charge is 2.13. The topological polar surface area (TPSA) is 38.3 Å². The smallest absolute Gasteiger partial charge is 0.407 e. The minimum Gasteiger partial charge on any atom is -0.450 e. The van der Waals surface area contributed by atoms with Crippen LogP contribution in [0.3, 0.4) is 0 Å². The Kier molecular flexibility index (Phi) is 9.92. The van der Waals surface area contributed by atoms with E-state index in [-0.39, 0.29) is 6.09 Å². The van der Waals surface area contributed by atoms with Gasteiger partial charge < -0.3 is 10.1 Å². The number of amides is 1. The summed E-state index contributed by atoms with van der Waals surface area (Å²) in [5.74, 6) is 0. The first-order valence-electron chi connectivity index (χ1n) is 6.42. The molecule has 0 rings (SSSR count). The molecule has 0 aliphatic carbocycles. The van der Waals surface area contributed by atoms with Crippen LogP contribution in [0.5, 0.6) is 0 Å². The summed E-state index contributed by atoms with van der Waals surface area (Å²) in [6, 6.07) is 1.03. The Balaban J connectivity index is 3.29. The second-order valence-corrected chi connectivity index (χ2v) is 11.9. The summed E-state index contributed by atoms with van der Waals surface area (Å²) in [6.45, 7) is 8.12. The molecule has 1 N–H and O–H groups in total. The van der Waals surface area contributed by atoms with Gasteiger partial charge in [0.05, 0.1) is 6.61 Å². The lowest BCUT2D eigenvalue weighted by molar-refractivity contribution is 0.151. The van der Waals surface area contributed by atoms with Crippen molar-refractivity contribution in [3.63, 3.8) is 0 Å². The number of halogens is 1. The van der Waals surface area contributed by atoms with Crippen molar-refractivity contribution in [1.82, 2.24) is 5.32 Å². The van der Waals surface area contributed by atoms with E-state index in [4.69, 9.17) is 4.74 Å². The van der Waals surface area contributed by atoms with Crippen LogP contribution in [0.15, 0.2) is 0 Å². The standard InChI is InChI=1S/C12H26BrNO2Si/c1-17(2,3)11-10-16-12(15)14-9-7-5-4-6-8-13/h4-11H2,1-3H3,(H,14,15). The molecule has 0 fully saturated rings. The van der Waals surface area contributed by atoms with Gasteiger partial charge in [0.1, 0.15) is 0 Å². The number of nitrogens with one attached hydrogen (secondary N) is 1. The normalized spacial score (nSPS) is 11.3. The first-order chi connectivity index (χ1) is 7.95. The van der Waals surface area contributed by atoms with Crippen LogP contribution in [0, 0.1) is 0 Å². The molecule has 102 valence electrons. The molecule has 0 saturated carbocycles. The number of carbonyl (C=O) groups is 1. The van der Waals surface area contributed by atoms with Crippen LogP contribution in [-0.4, -0.2) is 32.6 Å². The van der Waals surface area contributed by atoms with Gasteiger partial charge in [-0.2, -0.15) is 0 Å². The van der Waals surface area contributed by atoms with Gasteiger partial charge in [0.15, 0.2) is 0 Å². The summed E-state index contributed by atoms with van der Waals surface area (Å²) in [5, 5.41) is 3.86. The predicted octanol–water partition coefficient (Wildman–Crippen LogP) is 4.01. The van der Waals surface area contributed by atoms with Crippen molar-refractivity contribution in [1.29, 1.82) is 0 Å². The molecular formula is C12H26BrNO2Si. The SMILES string of the molecule is C[Si](C)(C)CCOC(=O)NCCCCCCBr. The third-order valence-electron chi connectivity index (χ3n) is 2.41. The van der Waals surface area contributed by atoms with E-state index >= 15 is 0 Å². The zero-order valence-corrected chi connectivity index (χ0v) is 13.9. The van der Waals surface area contributed by atoms with Crippen LogP contribution in [0.1, 0.15) is 25.7 Å². The van der Waals surface area contributed by atoms with Crippen LogP contribution in [0.25, 0.3) is 0 Å². The molecule has 0 unspecified atom stereocenters. The molecule has 0 bridgehead atoms. The number of hydrogen-bond donors (Lipinski definition) is 1. The van der Waals surface area contributed by atoms with Crippen LogP contribution in [0.4, 0.5) is 4.79 Å². The summed E-state index contributed by atoms with van der Waals surface area (Å²) in [4.78, 5) is 11.3. The van der Waals surface area contributed by atoms with Gasteiger partial charge in [0, 0.05) is 19.9 Å². The van der Waals surface area contributed by atoms with E-state index in [0.717, 1.165) is 24.3 Å². The highest BCUT2D eigenvalue weighted by Crippen LogP contribution is 2.07. The third kappa shape index (κ3) is 13.9. The molecule has 5 heteroatoms. The minimum absolute atomic E-state index is 0.260. The number of carbonyl (C=O) groups excluding carboxylic acids is 1. The molecular weight excluding hydrogens is 298 g/mol. The fourth-order valence-electron chi connectivity index (χ4n) is 1.26. The largest absolute Gasteiger partial charge is 0.450 e. The zero-order chi connectivity index (χ0) is 13.1. The highest BCUT2D eigenvalue weighted by molar-refractivity contribution is 9.09. The lowest BCUT2D eigenvalue weighted by atomic mass is 10.2. The highest BCUT2D eigenvalue weighted by atomic mass is 79.9. The number of ether oxygens (including phenoxy) is 1. The average molecular weight is 324 g/mol. The summed E-state index contributed by atoms with van der Waals surface area (Å²) in [5.41, 5.74) is 0. The quantitative estimate of drug-likeness (QED) is 0.395. The first kappa shape index (κ1) is 17.0. The third-order valence-corrected chi connectivity index (χ3v) is 4.68. The van der Waals surface area contributed by atoms with E-state index in [2.05, 4.69) is 40.9 Å².